The highest BCUT2D eigenvalue weighted by molar-refractivity contribution is 5.77. The largest absolute Gasteiger partial charge is 0.465 e. The Morgan fingerprint density at radius 3 is 2.45 bits per heavy atom. The molecule has 0 N–H and O–H groups in total. The first-order valence-corrected chi connectivity index (χ1v) is 9.48. The molecule has 0 saturated heterocycles. The van der Waals surface area contributed by atoms with E-state index in [1.54, 1.807) is 16.8 Å². The summed E-state index contributed by atoms with van der Waals surface area (Å²) < 4.78 is 7.04. The molecule has 0 aliphatic carbocycles. The van der Waals surface area contributed by atoms with Gasteiger partial charge in [-0.1, -0.05) is 32.0 Å². The summed E-state index contributed by atoms with van der Waals surface area (Å²) in [4.78, 5) is 22.8. The fourth-order valence-corrected chi connectivity index (χ4v) is 2.85. The Kier molecular flexibility index (Phi) is 6.39. The molecule has 150 valence electrons. The summed E-state index contributed by atoms with van der Waals surface area (Å²) in [7, 11) is 0. The van der Waals surface area contributed by atoms with Crippen LogP contribution in [0.5, 0.6) is 0 Å². The van der Waals surface area contributed by atoms with Crippen molar-refractivity contribution in [1.82, 2.24) is 9.78 Å². The van der Waals surface area contributed by atoms with E-state index in [9.17, 15) is 14.9 Å². The molecule has 0 amide bonds. The number of benzene rings is 2. The molecule has 0 radical (unpaired) electrons. The maximum atomic E-state index is 12.3. The summed E-state index contributed by atoms with van der Waals surface area (Å²) in [5.41, 5.74) is 2.93. The van der Waals surface area contributed by atoms with Gasteiger partial charge >= 0.3 is 5.97 Å². The summed E-state index contributed by atoms with van der Waals surface area (Å²) in [6.07, 6.45) is 2.66. The zero-order chi connectivity index (χ0) is 20.8. The number of nitrogens with zero attached hydrogens (tertiary/aromatic N) is 3. The van der Waals surface area contributed by atoms with Gasteiger partial charge in [-0.15, -0.1) is 0 Å². The van der Waals surface area contributed by atoms with E-state index in [1.807, 2.05) is 36.5 Å². The van der Waals surface area contributed by atoms with Crippen LogP contribution in [0.3, 0.4) is 0 Å². The molecular weight excluding hydrogens is 370 g/mol. The molecule has 1 heterocycles. The van der Waals surface area contributed by atoms with E-state index in [0.717, 1.165) is 23.2 Å². The summed E-state index contributed by atoms with van der Waals surface area (Å²) in [6, 6.07) is 15.8. The van der Waals surface area contributed by atoms with Crippen LogP contribution < -0.4 is 0 Å². The van der Waals surface area contributed by atoms with Crippen molar-refractivity contribution in [3.05, 3.63) is 76.6 Å². The third-order valence-electron chi connectivity index (χ3n) is 4.47. The summed E-state index contributed by atoms with van der Waals surface area (Å²) in [5, 5.41) is 15.5. The molecule has 0 atom stereocenters. The average molecular weight is 393 g/mol. The highest BCUT2D eigenvalue weighted by Crippen LogP contribution is 2.27. The fraction of sp³-hybridized carbons (Fsp3) is 0.273. The molecule has 7 heteroatoms. The van der Waals surface area contributed by atoms with Crippen molar-refractivity contribution in [2.24, 2.45) is 5.92 Å². The van der Waals surface area contributed by atoms with Gasteiger partial charge in [-0.3, -0.25) is 14.9 Å². The number of ether oxygens (including phenoxy) is 1. The Balaban J connectivity index is 1.89. The molecule has 2 aromatic carbocycles. The zero-order valence-corrected chi connectivity index (χ0v) is 16.4. The van der Waals surface area contributed by atoms with Crippen LogP contribution in [-0.2, 0) is 16.0 Å². The second kappa shape index (κ2) is 9.14. The number of nitro benzene ring substituents is 1. The highest BCUT2D eigenvalue weighted by atomic mass is 16.6. The first-order chi connectivity index (χ1) is 13.9. The van der Waals surface area contributed by atoms with Crippen LogP contribution in [0.15, 0.2) is 60.8 Å². The number of nitro groups is 1. The lowest BCUT2D eigenvalue weighted by Crippen LogP contribution is -2.11. The summed E-state index contributed by atoms with van der Waals surface area (Å²) in [5.74, 6) is 0.114. The Morgan fingerprint density at radius 2 is 1.83 bits per heavy atom. The first-order valence-electron chi connectivity index (χ1n) is 9.48. The maximum absolute atomic E-state index is 12.3. The van der Waals surface area contributed by atoms with E-state index < -0.39 is 4.92 Å². The smallest absolute Gasteiger partial charge is 0.311 e. The van der Waals surface area contributed by atoms with E-state index in [4.69, 9.17) is 4.74 Å². The first kappa shape index (κ1) is 20.3. The molecule has 7 nitrogen and oxygen atoms in total. The van der Waals surface area contributed by atoms with Crippen LogP contribution in [-0.4, -0.2) is 27.3 Å². The van der Waals surface area contributed by atoms with Gasteiger partial charge in [-0.25, -0.2) is 4.68 Å². The minimum absolute atomic E-state index is 0.0128. The third kappa shape index (κ3) is 5.28. The topological polar surface area (TPSA) is 87.3 Å². The standard InChI is InChI=1S/C22H23N3O4/c1-16(2)12-13-29-22(26)14-21-20(17-8-10-19(11-9-17)25(27)28)15-24(23-21)18-6-4-3-5-7-18/h3-11,15-16H,12-14H2,1-2H3. The number of aromatic nitrogens is 2. The van der Waals surface area contributed by atoms with Crippen LogP contribution in [0.2, 0.25) is 0 Å². The zero-order valence-electron chi connectivity index (χ0n) is 16.4. The van der Waals surface area contributed by atoms with Crippen molar-refractivity contribution < 1.29 is 14.5 Å². The van der Waals surface area contributed by atoms with Gasteiger partial charge in [0.15, 0.2) is 0 Å². The molecule has 0 spiro atoms. The molecule has 0 saturated carbocycles. The van der Waals surface area contributed by atoms with Crippen LogP contribution in [0, 0.1) is 16.0 Å². The second-order valence-corrected chi connectivity index (χ2v) is 7.15. The summed E-state index contributed by atoms with van der Waals surface area (Å²) >= 11 is 0. The normalized spacial score (nSPS) is 10.9. The number of hydrogen-bond acceptors (Lipinski definition) is 5. The van der Waals surface area contributed by atoms with Crippen LogP contribution in [0.4, 0.5) is 5.69 Å². The number of carbonyl (C=O) groups excluding carboxylic acids is 1. The molecule has 3 rings (SSSR count). The summed E-state index contributed by atoms with van der Waals surface area (Å²) in [6.45, 7) is 4.52. The second-order valence-electron chi connectivity index (χ2n) is 7.15. The molecular formula is C22H23N3O4. The molecule has 1 aromatic heterocycles. The van der Waals surface area contributed by atoms with Crippen molar-refractivity contribution in [2.45, 2.75) is 26.7 Å². The van der Waals surface area contributed by atoms with E-state index in [2.05, 4.69) is 18.9 Å². The minimum Gasteiger partial charge on any atom is -0.465 e. The van der Waals surface area contributed by atoms with Crippen molar-refractivity contribution in [1.29, 1.82) is 0 Å². The Morgan fingerprint density at radius 1 is 1.14 bits per heavy atom. The Hall–Kier alpha value is -3.48. The minimum atomic E-state index is -0.440. The van der Waals surface area contributed by atoms with E-state index in [1.165, 1.54) is 12.1 Å². The van der Waals surface area contributed by atoms with E-state index >= 15 is 0 Å². The molecule has 29 heavy (non-hydrogen) atoms. The maximum Gasteiger partial charge on any atom is 0.311 e. The monoisotopic (exact) mass is 393 g/mol. The number of carbonyl (C=O) groups is 1. The van der Waals surface area contributed by atoms with Crippen LogP contribution in [0.1, 0.15) is 26.0 Å². The molecule has 0 bridgehead atoms. The van der Waals surface area contributed by atoms with Gasteiger partial charge in [-0.05, 0) is 42.2 Å². The number of rotatable bonds is 8. The average Bonchev–Trinajstić information content (AvgIpc) is 3.12. The van der Waals surface area contributed by atoms with Crippen molar-refractivity contribution in [3.63, 3.8) is 0 Å². The Bertz CT molecular complexity index is 979. The lowest BCUT2D eigenvalue weighted by atomic mass is 10.0. The van der Waals surface area contributed by atoms with Crippen molar-refractivity contribution in [2.75, 3.05) is 6.61 Å². The highest BCUT2D eigenvalue weighted by Gasteiger charge is 2.17. The molecule has 3 aromatic rings. The molecule has 0 fully saturated rings. The Labute approximate surface area is 169 Å². The van der Waals surface area contributed by atoms with Gasteiger partial charge in [0.2, 0.25) is 0 Å². The predicted octanol–water partition coefficient (Wildman–Crippen LogP) is 4.58. The van der Waals surface area contributed by atoms with Gasteiger partial charge in [0, 0.05) is 23.9 Å². The lowest BCUT2D eigenvalue weighted by molar-refractivity contribution is -0.384. The number of non-ortho nitro benzene ring substituents is 1. The molecule has 0 aliphatic rings. The SMILES string of the molecule is CC(C)CCOC(=O)Cc1nn(-c2ccccc2)cc1-c1ccc([N+](=O)[O-])cc1. The van der Waals surface area contributed by atoms with E-state index in [-0.39, 0.29) is 18.1 Å². The molecule has 0 aliphatic heterocycles. The van der Waals surface area contributed by atoms with Gasteiger partial charge in [0.1, 0.15) is 0 Å². The number of esters is 1. The number of hydrogen-bond donors (Lipinski definition) is 0. The lowest BCUT2D eigenvalue weighted by Gasteiger charge is -2.07. The fourth-order valence-electron chi connectivity index (χ4n) is 2.85. The van der Waals surface area contributed by atoms with E-state index in [0.29, 0.717) is 18.2 Å². The van der Waals surface area contributed by atoms with Crippen LogP contribution >= 0.6 is 0 Å². The van der Waals surface area contributed by atoms with Crippen molar-refractivity contribution in [3.8, 4) is 16.8 Å². The molecule has 0 unspecified atom stereocenters. The van der Waals surface area contributed by atoms with Gasteiger partial charge in [0.25, 0.3) is 5.69 Å². The van der Waals surface area contributed by atoms with Crippen molar-refractivity contribution >= 4 is 11.7 Å². The van der Waals surface area contributed by atoms with Crippen LogP contribution in [0.25, 0.3) is 16.8 Å². The predicted molar refractivity (Wildman–Crippen MR) is 110 cm³/mol. The third-order valence-corrected chi connectivity index (χ3v) is 4.47. The van der Waals surface area contributed by atoms with Gasteiger partial charge in [0.05, 0.1) is 29.3 Å². The number of para-hydroxylation sites is 1. The quantitative estimate of drug-likeness (QED) is 0.318. The van der Waals surface area contributed by atoms with Gasteiger partial charge < -0.3 is 4.74 Å². The van der Waals surface area contributed by atoms with Gasteiger partial charge in [-0.2, -0.15) is 5.10 Å².